The lowest BCUT2D eigenvalue weighted by atomic mass is 9.97. The minimum Gasteiger partial charge on any atom is -0.465 e. The number of amides is 1. The molecule has 0 saturated heterocycles. The fraction of sp³-hybridized carbons (Fsp3) is 0.333. The predicted octanol–water partition coefficient (Wildman–Crippen LogP) is 3.31. The molecule has 0 radical (unpaired) electrons. The lowest BCUT2D eigenvalue weighted by Crippen LogP contribution is -2.24. The number of hydrogen-bond donors (Lipinski definition) is 1. The van der Waals surface area contributed by atoms with Crippen LogP contribution in [0.25, 0.3) is 0 Å². The van der Waals surface area contributed by atoms with Crippen LogP contribution >= 0.6 is 11.3 Å². The van der Waals surface area contributed by atoms with Gasteiger partial charge < -0.3 is 19.5 Å². The van der Waals surface area contributed by atoms with Crippen molar-refractivity contribution in [2.45, 2.75) is 26.2 Å². The molecule has 1 heterocycles. The molecular formula is C21H23NO7S. The first-order valence-corrected chi connectivity index (χ1v) is 9.97. The Kier molecular flexibility index (Phi) is 8.11. The first-order chi connectivity index (χ1) is 14.3. The molecule has 8 nitrogen and oxygen atoms in total. The first-order valence-electron chi connectivity index (χ1n) is 9.15. The van der Waals surface area contributed by atoms with Crippen LogP contribution in [0, 0.1) is 6.92 Å². The Morgan fingerprint density at radius 1 is 1.03 bits per heavy atom. The summed E-state index contributed by atoms with van der Waals surface area (Å²) in [6.45, 7) is 2.87. The molecule has 1 aromatic heterocycles. The molecule has 30 heavy (non-hydrogen) atoms. The van der Waals surface area contributed by atoms with Crippen LogP contribution in [0.3, 0.4) is 0 Å². The lowest BCUT2D eigenvalue weighted by molar-refractivity contribution is -0.149. The van der Waals surface area contributed by atoms with Crippen LogP contribution in [-0.4, -0.2) is 44.6 Å². The lowest BCUT2D eigenvalue weighted by Gasteiger charge is -2.14. The molecule has 1 amide bonds. The summed E-state index contributed by atoms with van der Waals surface area (Å²) in [5.41, 5.74) is 1.19. The molecule has 0 saturated carbocycles. The van der Waals surface area contributed by atoms with Gasteiger partial charge in [0, 0.05) is 0 Å². The van der Waals surface area contributed by atoms with E-state index in [1.807, 2.05) is 37.3 Å². The number of esters is 3. The minimum absolute atomic E-state index is 0.0540. The summed E-state index contributed by atoms with van der Waals surface area (Å²) < 4.78 is 14.6. The molecule has 2 aromatic rings. The number of methoxy groups -OCH3 is 2. The zero-order chi connectivity index (χ0) is 22.3. The van der Waals surface area contributed by atoms with Gasteiger partial charge in [-0.3, -0.25) is 9.59 Å². The molecule has 0 bridgehead atoms. The number of anilines is 1. The van der Waals surface area contributed by atoms with Gasteiger partial charge in [0.15, 0.2) is 6.61 Å². The van der Waals surface area contributed by atoms with Crippen molar-refractivity contribution in [1.29, 1.82) is 0 Å². The molecule has 1 atom stereocenters. The quantitative estimate of drug-likeness (QED) is 0.503. The Labute approximate surface area is 178 Å². The van der Waals surface area contributed by atoms with Crippen LogP contribution in [0.1, 0.15) is 50.4 Å². The van der Waals surface area contributed by atoms with Crippen LogP contribution in [-0.2, 0) is 23.8 Å². The Morgan fingerprint density at radius 2 is 1.67 bits per heavy atom. The maximum Gasteiger partial charge on any atom is 0.348 e. The monoisotopic (exact) mass is 433 g/mol. The van der Waals surface area contributed by atoms with Crippen molar-refractivity contribution >= 4 is 40.2 Å². The summed E-state index contributed by atoms with van der Waals surface area (Å²) >= 11 is 0.885. The van der Waals surface area contributed by atoms with Gasteiger partial charge in [-0.1, -0.05) is 37.3 Å². The van der Waals surface area contributed by atoms with Crippen LogP contribution in [0.4, 0.5) is 5.00 Å². The number of carbonyl (C=O) groups is 4. The van der Waals surface area contributed by atoms with Gasteiger partial charge in [0.1, 0.15) is 9.88 Å². The van der Waals surface area contributed by atoms with E-state index in [4.69, 9.17) is 14.2 Å². The third kappa shape index (κ3) is 5.24. The number of carbonyl (C=O) groups excluding carboxylic acids is 4. The van der Waals surface area contributed by atoms with Crippen LogP contribution in [0.15, 0.2) is 30.3 Å². The topological polar surface area (TPSA) is 108 Å². The molecule has 9 heteroatoms. The van der Waals surface area contributed by atoms with E-state index in [-0.39, 0.29) is 15.4 Å². The SMILES string of the molecule is CCC(C(=O)OCC(=O)Nc1sc(C(=O)OC)c(C)c1C(=O)OC)c1ccccc1. The number of hydrogen-bond acceptors (Lipinski definition) is 8. The summed E-state index contributed by atoms with van der Waals surface area (Å²) in [5.74, 6) is -3.00. The van der Waals surface area contributed by atoms with Crippen molar-refractivity contribution in [1.82, 2.24) is 0 Å². The summed E-state index contributed by atoms with van der Waals surface area (Å²) in [7, 11) is 2.41. The number of nitrogens with one attached hydrogen (secondary N) is 1. The standard InChI is InChI=1S/C21H23NO7S/c1-5-14(13-9-7-6-8-10-13)19(24)29-11-15(23)22-18-16(20(25)27-3)12(2)17(30-18)21(26)28-4/h6-10,14H,5,11H2,1-4H3,(H,22,23). The first kappa shape index (κ1) is 23.1. The van der Waals surface area contributed by atoms with Gasteiger partial charge in [-0.25, -0.2) is 9.59 Å². The van der Waals surface area contributed by atoms with Crippen LogP contribution in [0.5, 0.6) is 0 Å². The molecule has 1 N–H and O–H groups in total. The number of thiophene rings is 1. The van der Waals surface area contributed by atoms with E-state index >= 15 is 0 Å². The summed E-state index contributed by atoms with van der Waals surface area (Å²) in [6, 6.07) is 9.13. The molecule has 2 rings (SSSR count). The van der Waals surface area contributed by atoms with Crippen molar-refractivity contribution in [3.63, 3.8) is 0 Å². The summed E-state index contributed by atoms with van der Waals surface area (Å²) in [6.07, 6.45) is 0.517. The Hall–Kier alpha value is -3.20. The maximum atomic E-state index is 12.4. The molecule has 0 fully saturated rings. The van der Waals surface area contributed by atoms with E-state index in [1.54, 1.807) is 6.92 Å². The second kappa shape index (κ2) is 10.5. The van der Waals surface area contributed by atoms with E-state index in [0.717, 1.165) is 16.9 Å². The maximum absolute atomic E-state index is 12.4. The molecule has 0 aliphatic carbocycles. The molecule has 1 unspecified atom stereocenters. The predicted molar refractivity (Wildman–Crippen MR) is 111 cm³/mol. The summed E-state index contributed by atoms with van der Waals surface area (Å²) in [4.78, 5) is 48.9. The molecule has 0 spiro atoms. The number of benzene rings is 1. The molecular weight excluding hydrogens is 410 g/mol. The van der Waals surface area contributed by atoms with Crippen molar-refractivity contribution in [2.24, 2.45) is 0 Å². The molecule has 0 aliphatic heterocycles. The highest BCUT2D eigenvalue weighted by molar-refractivity contribution is 7.18. The third-order valence-electron chi connectivity index (χ3n) is 4.40. The van der Waals surface area contributed by atoms with Gasteiger partial charge in [0.25, 0.3) is 5.91 Å². The van der Waals surface area contributed by atoms with Gasteiger partial charge in [-0.05, 0) is 24.5 Å². The summed E-state index contributed by atoms with van der Waals surface area (Å²) in [5, 5.41) is 2.63. The van der Waals surface area contributed by atoms with Gasteiger partial charge in [-0.2, -0.15) is 0 Å². The van der Waals surface area contributed by atoms with Crippen molar-refractivity contribution in [3.05, 3.63) is 51.9 Å². The van der Waals surface area contributed by atoms with Crippen LogP contribution < -0.4 is 5.32 Å². The van der Waals surface area contributed by atoms with E-state index in [1.165, 1.54) is 14.2 Å². The minimum atomic E-state index is -0.707. The zero-order valence-corrected chi connectivity index (χ0v) is 18.0. The molecule has 160 valence electrons. The van der Waals surface area contributed by atoms with Gasteiger partial charge in [-0.15, -0.1) is 11.3 Å². The Morgan fingerprint density at radius 3 is 2.23 bits per heavy atom. The average Bonchev–Trinajstić information content (AvgIpc) is 3.08. The second-order valence-electron chi connectivity index (χ2n) is 6.27. The Bertz CT molecular complexity index is 936. The highest BCUT2D eigenvalue weighted by atomic mass is 32.1. The van der Waals surface area contributed by atoms with Gasteiger partial charge in [0.2, 0.25) is 0 Å². The fourth-order valence-corrected chi connectivity index (χ4v) is 3.99. The average molecular weight is 433 g/mol. The molecule has 1 aromatic carbocycles. The Balaban J connectivity index is 2.11. The highest BCUT2D eigenvalue weighted by Gasteiger charge is 2.27. The second-order valence-corrected chi connectivity index (χ2v) is 7.29. The smallest absolute Gasteiger partial charge is 0.348 e. The third-order valence-corrected chi connectivity index (χ3v) is 5.59. The van der Waals surface area contributed by atoms with Crippen molar-refractivity contribution < 1.29 is 33.4 Å². The number of rotatable bonds is 8. The van der Waals surface area contributed by atoms with E-state index in [9.17, 15) is 19.2 Å². The van der Waals surface area contributed by atoms with E-state index < -0.39 is 36.3 Å². The van der Waals surface area contributed by atoms with E-state index in [2.05, 4.69) is 5.32 Å². The van der Waals surface area contributed by atoms with Crippen molar-refractivity contribution in [3.8, 4) is 0 Å². The zero-order valence-electron chi connectivity index (χ0n) is 17.1. The van der Waals surface area contributed by atoms with Crippen LogP contribution in [0.2, 0.25) is 0 Å². The largest absolute Gasteiger partial charge is 0.465 e. The van der Waals surface area contributed by atoms with Gasteiger partial charge in [0.05, 0.1) is 25.7 Å². The fourth-order valence-electron chi connectivity index (χ4n) is 2.86. The van der Waals surface area contributed by atoms with Gasteiger partial charge >= 0.3 is 17.9 Å². The molecule has 0 aliphatic rings. The number of ether oxygens (including phenoxy) is 3. The van der Waals surface area contributed by atoms with E-state index in [0.29, 0.717) is 12.0 Å². The normalized spacial score (nSPS) is 11.3. The van der Waals surface area contributed by atoms with Crippen molar-refractivity contribution in [2.75, 3.05) is 26.1 Å². The highest BCUT2D eigenvalue weighted by Crippen LogP contribution is 2.34.